The Bertz CT molecular complexity index is 809. The Kier molecular flexibility index (Phi) is 5.09. The number of anilines is 1. The molecule has 0 fully saturated rings. The van der Waals surface area contributed by atoms with Crippen LogP contribution < -0.4 is 16.2 Å². The van der Waals surface area contributed by atoms with E-state index in [0.29, 0.717) is 17.8 Å². The maximum atomic E-state index is 12.3. The number of nitrogens with zero attached hydrogens (tertiary/aromatic N) is 1. The Morgan fingerprint density at radius 1 is 1.22 bits per heavy atom. The topological polar surface area (TPSA) is 80.2 Å². The van der Waals surface area contributed by atoms with Gasteiger partial charge in [-0.15, -0.1) is 6.58 Å². The fraction of sp³-hybridized carbons (Fsp3) is 0.118. The maximum Gasteiger partial charge on any atom is 0.255 e. The Balaban J connectivity index is 2.24. The summed E-state index contributed by atoms with van der Waals surface area (Å²) in [7, 11) is 1.60. The van der Waals surface area contributed by atoms with Crippen molar-refractivity contribution in [1.82, 2.24) is 9.88 Å². The van der Waals surface area contributed by atoms with Gasteiger partial charge in [-0.1, -0.05) is 18.2 Å². The summed E-state index contributed by atoms with van der Waals surface area (Å²) < 4.78 is 1.37. The van der Waals surface area contributed by atoms with Gasteiger partial charge in [0.2, 0.25) is 0 Å². The zero-order valence-corrected chi connectivity index (χ0v) is 12.7. The van der Waals surface area contributed by atoms with E-state index in [2.05, 4.69) is 17.2 Å². The number of hydrogen-bond donors (Lipinski definition) is 2. The highest BCUT2D eigenvalue weighted by Gasteiger charge is 2.13. The molecule has 1 aromatic heterocycles. The van der Waals surface area contributed by atoms with E-state index >= 15 is 0 Å². The van der Waals surface area contributed by atoms with Gasteiger partial charge in [-0.25, -0.2) is 0 Å². The fourth-order valence-electron chi connectivity index (χ4n) is 1.93. The van der Waals surface area contributed by atoms with Crippen LogP contribution in [0.15, 0.2) is 60.0 Å². The SMILES string of the molecule is C=CCNC(=O)c1ccccc1NC(=O)c1ccn(C)c(=O)c1. The second kappa shape index (κ2) is 7.22. The van der Waals surface area contributed by atoms with Gasteiger partial charge in [0.1, 0.15) is 0 Å². The molecule has 2 N–H and O–H groups in total. The Morgan fingerprint density at radius 3 is 2.65 bits per heavy atom. The van der Waals surface area contributed by atoms with Gasteiger partial charge in [0.15, 0.2) is 0 Å². The average Bonchev–Trinajstić information content (AvgIpc) is 2.55. The average molecular weight is 311 g/mol. The number of nitrogens with one attached hydrogen (secondary N) is 2. The molecule has 6 heteroatoms. The minimum Gasteiger partial charge on any atom is -0.349 e. The number of hydrogen-bond acceptors (Lipinski definition) is 3. The zero-order chi connectivity index (χ0) is 16.8. The van der Waals surface area contributed by atoms with Crippen LogP contribution in [0, 0.1) is 0 Å². The van der Waals surface area contributed by atoms with Crippen molar-refractivity contribution >= 4 is 17.5 Å². The smallest absolute Gasteiger partial charge is 0.255 e. The molecule has 2 amide bonds. The molecule has 1 heterocycles. The van der Waals surface area contributed by atoms with Gasteiger partial charge in [-0.05, 0) is 18.2 Å². The second-order valence-corrected chi connectivity index (χ2v) is 4.86. The van der Waals surface area contributed by atoms with E-state index in [0.717, 1.165) is 0 Å². The largest absolute Gasteiger partial charge is 0.349 e. The first kappa shape index (κ1) is 16.2. The monoisotopic (exact) mass is 311 g/mol. The predicted molar refractivity (Wildman–Crippen MR) is 88.6 cm³/mol. The molecule has 0 atom stereocenters. The van der Waals surface area contributed by atoms with Crippen LogP contribution in [0.2, 0.25) is 0 Å². The van der Waals surface area contributed by atoms with E-state index in [1.54, 1.807) is 37.4 Å². The minimum atomic E-state index is -0.452. The van der Waals surface area contributed by atoms with Crippen molar-refractivity contribution in [2.45, 2.75) is 0 Å². The van der Waals surface area contributed by atoms with Crippen molar-refractivity contribution in [2.24, 2.45) is 7.05 Å². The number of benzene rings is 1. The number of pyridine rings is 1. The number of amides is 2. The molecular formula is C17H17N3O3. The summed E-state index contributed by atoms with van der Waals surface area (Å²) in [6, 6.07) is 9.44. The van der Waals surface area contributed by atoms with Crippen LogP contribution in [0.4, 0.5) is 5.69 Å². The molecule has 0 aliphatic heterocycles. The molecule has 0 aliphatic carbocycles. The second-order valence-electron chi connectivity index (χ2n) is 4.86. The van der Waals surface area contributed by atoms with Crippen LogP contribution in [-0.2, 0) is 7.05 Å². The molecule has 0 bridgehead atoms. The van der Waals surface area contributed by atoms with E-state index < -0.39 is 5.91 Å². The van der Waals surface area contributed by atoms with Gasteiger partial charge in [0.25, 0.3) is 17.4 Å². The number of aromatic nitrogens is 1. The third kappa shape index (κ3) is 3.94. The highest BCUT2D eigenvalue weighted by molar-refractivity contribution is 6.08. The van der Waals surface area contributed by atoms with Crippen molar-refractivity contribution in [2.75, 3.05) is 11.9 Å². The van der Waals surface area contributed by atoms with Crippen LogP contribution in [0.25, 0.3) is 0 Å². The number of aryl methyl sites for hydroxylation is 1. The predicted octanol–water partition coefficient (Wildman–Crippen LogP) is 1.55. The molecule has 0 unspecified atom stereocenters. The van der Waals surface area contributed by atoms with Crippen LogP contribution in [-0.4, -0.2) is 22.9 Å². The Hall–Kier alpha value is -3.15. The molecule has 0 radical (unpaired) electrons. The highest BCUT2D eigenvalue weighted by atomic mass is 16.2. The van der Waals surface area contributed by atoms with Crippen LogP contribution in [0.5, 0.6) is 0 Å². The molecular weight excluding hydrogens is 294 g/mol. The van der Waals surface area contributed by atoms with Gasteiger partial charge < -0.3 is 15.2 Å². The van der Waals surface area contributed by atoms with Gasteiger partial charge in [-0.3, -0.25) is 14.4 Å². The van der Waals surface area contributed by atoms with Crippen molar-refractivity contribution < 1.29 is 9.59 Å². The number of rotatable bonds is 5. The molecule has 23 heavy (non-hydrogen) atoms. The Labute approximate surface area is 133 Å². The van der Waals surface area contributed by atoms with Gasteiger partial charge in [0, 0.05) is 31.4 Å². The normalized spacial score (nSPS) is 9.96. The summed E-state index contributed by atoms with van der Waals surface area (Å²) in [4.78, 5) is 35.9. The summed E-state index contributed by atoms with van der Waals surface area (Å²) in [5.74, 6) is -0.767. The lowest BCUT2D eigenvalue weighted by Crippen LogP contribution is -2.25. The van der Waals surface area contributed by atoms with E-state index in [9.17, 15) is 14.4 Å². The third-order valence-electron chi connectivity index (χ3n) is 3.19. The summed E-state index contributed by atoms with van der Waals surface area (Å²) in [5, 5.41) is 5.31. The maximum absolute atomic E-state index is 12.3. The number of carbonyl (C=O) groups is 2. The minimum absolute atomic E-state index is 0.231. The van der Waals surface area contributed by atoms with Crippen molar-refractivity contribution in [3.8, 4) is 0 Å². The molecule has 0 saturated heterocycles. The summed E-state index contributed by atoms with van der Waals surface area (Å²) in [6.45, 7) is 3.87. The quantitative estimate of drug-likeness (QED) is 0.822. The van der Waals surface area contributed by atoms with Crippen LogP contribution in [0.1, 0.15) is 20.7 Å². The number of para-hydroxylation sites is 1. The lowest BCUT2D eigenvalue weighted by molar-refractivity contribution is 0.0959. The Morgan fingerprint density at radius 2 is 1.96 bits per heavy atom. The van der Waals surface area contributed by atoms with Gasteiger partial charge >= 0.3 is 0 Å². The number of carbonyl (C=O) groups excluding carboxylic acids is 2. The summed E-state index contributed by atoms with van der Waals surface area (Å²) in [5.41, 5.74) is 0.662. The first-order valence-corrected chi connectivity index (χ1v) is 6.99. The van der Waals surface area contributed by atoms with E-state index in [4.69, 9.17) is 0 Å². The molecule has 2 aromatic rings. The molecule has 0 spiro atoms. The fourth-order valence-corrected chi connectivity index (χ4v) is 1.93. The third-order valence-corrected chi connectivity index (χ3v) is 3.19. The molecule has 0 saturated carbocycles. The van der Waals surface area contributed by atoms with E-state index in [1.807, 2.05) is 0 Å². The van der Waals surface area contributed by atoms with Crippen LogP contribution in [0.3, 0.4) is 0 Å². The lowest BCUT2D eigenvalue weighted by Gasteiger charge is -2.11. The first-order chi connectivity index (χ1) is 11.0. The lowest BCUT2D eigenvalue weighted by atomic mass is 10.1. The zero-order valence-electron chi connectivity index (χ0n) is 12.7. The highest BCUT2D eigenvalue weighted by Crippen LogP contribution is 2.16. The first-order valence-electron chi connectivity index (χ1n) is 6.99. The van der Waals surface area contributed by atoms with Crippen molar-refractivity contribution in [3.05, 3.63) is 76.7 Å². The standard InChI is InChI=1S/C17H17N3O3/c1-3-9-18-17(23)13-6-4-5-7-14(13)19-16(22)12-8-10-20(2)15(21)11-12/h3-8,10-11H,1,9H2,2H3,(H,18,23)(H,19,22). The van der Waals surface area contributed by atoms with E-state index in [-0.39, 0.29) is 17.0 Å². The summed E-state index contributed by atoms with van der Waals surface area (Å²) >= 11 is 0. The van der Waals surface area contributed by atoms with Crippen LogP contribution >= 0.6 is 0 Å². The summed E-state index contributed by atoms with van der Waals surface area (Å²) in [6.07, 6.45) is 3.08. The van der Waals surface area contributed by atoms with Crippen molar-refractivity contribution in [1.29, 1.82) is 0 Å². The molecule has 6 nitrogen and oxygen atoms in total. The molecule has 2 rings (SSSR count). The van der Waals surface area contributed by atoms with Gasteiger partial charge in [-0.2, -0.15) is 0 Å². The molecule has 1 aromatic carbocycles. The van der Waals surface area contributed by atoms with E-state index in [1.165, 1.54) is 22.9 Å². The molecule has 118 valence electrons. The molecule has 0 aliphatic rings. The van der Waals surface area contributed by atoms with Crippen molar-refractivity contribution in [3.63, 3.8) is 0 Å². The van der Waals surface area contributed by atoms with Gasteiger partial charge in [0.05, 0.1) is 11.3 Å².